The van der Waals surface area contributed by atoms with Crippen molar-refractivity contribution in [3.63, 3.8) is 0 Å². The summed E-state index contributed by atoms with van der Waals surface area (Å²) in [5, 5.41) is 18.3. The number of carbonyl (C=O) groups excluding carboxylic acids is 2. The molecule has 1 saturated heterocycles. The minimum atomic E-state index is -0.723. The number of aliphatic hydroxyl groups is 1. The molecule has 0 aliphatic carbocycles. The van der Waals surface area contributed by atoms with Gasteiger partial charge in [0.15, 0.2) is 5.82 Å². The van der Waals surface area contributed by atoms with Crippen molar-refractivity contribution in [1.29, 1.82) is 0 Å². The molecule has 4 heterocycles. The van der Waals surface area contributed by atoms with Gasteiger partial charge in [-0.25, -0.2) is 19.3 Å². The first kappa shape index (κ1) is 21.1. The summed E-state index contributed by atoms with van der Waals surface area (Å²) < 4.78 is 11.7. The Labute approximate surface area is 189 Å². The minimum absolute atomic E-state index is 0.251. The number of hydrogen-bond acceptors (Lipinski definition) is 8. The van der Waals surface area contributed by atoms with Gasteiger partial charge in [0.05, 0.1) is 30.1 Å². The van der Waals surface area contributed by atoms with E-state index in [1.165, 1.54) is 0 Å². The van der Waals surface area contributed by atoms with E-state index in [0.29, 0.717) is 43.3 Å². The van der Waals surface area contributed by atoms with Gasteiger partial charge in [0.25, 0.3) is 0 Å². The highest BCUT2D eigenvalue weighted by atomic mass is 16.6. The number of rotatable bonds is 7. The molecule has 170 valence electrons. The third kappa shape index (κ3) is 4.06. The van der Waals surface area contributed by atoms with Gasteiger partial charge in [-0.05, 0) is 30.2 Å². The van der Waals surface area contributed by atoms with E-state index in [0.717, 1.165) is 22.3 Å². The molecule has 0 saturated carbocycles. The zero-order chi connectivity index (χ0) is 22.9. The van der Waals surface area contributed by atoms with E-state index in [-0.39, 0.29) is 18.7 Å². The summed E-state index contributed by atoms with van der Waals surface area (Å²) in [6.07, 6.45) is 4.11. The molecule has 1 aromatic carbocycles. The summed E-state index contributed by atoms with van der Waals surface area (Å²) in [6.45, 7) is 3.86. The molecule has 2 aromatic heterocycles. The number of carbonyl (C=O) groups is 2. The van der Waals surface area contributed by atoms with E-state index in [9.17, 15) is 14.7 Å². The third-order valence-corrected chi connectivity index (χ3v) is 5.91. The van der Waals surface area contributed by atoms with Crippen molar-refractivity contribution in [2.75, 3.05) is 24.6 Å². The highest BCUT2D eigenvalue weighted by Crippen LogP contribution is 2.29. The number of benzene rings is 1. The van der Waals surface area contributed by atoms with Crippen molar-refractivity contribution in [2.24, 2.45) is 0 Å². The standard InChI is InChI=1S/C23H23N5O5/c1-14-17(2-3-18-19(14)13-33-22(18)30)20(29)11-24-9-15-10-26-28(12-15)21-8-16(4-5-25-21)27-6-7-32-23(27)31/h2-5,8,10,12,20,24,29H,6-7,9,11,13H2,1H3. The second-order valence-electron chi connectivity index (χ2n) is 7.96. The van der Waals surface area contributed by atoms with Crippen molar-refractivity contribution in [3.8, 4) is 5.82 Å². The van der Waals surface area contributed by atoms with E-state index >= 15 is 0 Å². The molecule has 1 fully saturated rings. The monoisotopic (exact) mass is 449 g/mol. The van der Waals surface area contributed by atoms with Crippen molar-refractivity contribution in [2.45, 2.75) is 26.2 Å². The Hall–Kier alpha value is -3.76. The van der Waals surface area contributed by atoms with Crippen LogP contribution in [0, 0.1) is 6.92 Å². The van der Waals surface area contributed by atoms with Crippen LogP contribution in [0.15, 0.2) is 42.9 Å². The van der Waals surface area contributed by atoms with Crippen molar-refractivity contribution in [1.82, 2.24) is 20.1 Å². The average molecular weight is 449 g/mol. The molecule has 0 radical (unpaired) electrons. The van der Waals surface area contributed by atoms with Gasteiger partial charge in [-0.3, -0.25) is 4.90 Å². The Balaban J connectivity index is 1.21. The summed E-state index contributed by atoms with van der Waals surface area (Å²) in [6, 6.07) is 7.03. The average Bonchev–Trinajstić information content (AvgIpc) is 3.55. The lowest BCUT2D eigenvalue weighted by molar-refractivity contribution is 0.0535. The first-order chi connectivity index (χ1) is 16.0. The minimum Gasteiger partial charge on any atom is -0.457 e. The van der Waals surface area contributed by atoms with Gasteiger partial charge < -0.3 is 19.9 Å². The normalized spacial score (nSPS) is 16.0. The zero-order valence-corrected chi connectivity index (χ0v) is 18.0. The van der Waals surface area contributed by atoms with E-state index in [1.54, 1.807) is 46.2 Å². The molecule has 10 nitrogen and oxygen atoms in total. The highest BCUT2D eigenvalue weighted by Gasteiger charge is 2.26. The smallest absolute Gasteiger partial charge is 0.414 e. The lowest BCUT2D eigenvalue weighted by Crippen LogP contribution is -2.23. The SMILES string of the molecule is Cc1c(C(O)CNCc2cnn(-c3cc(N4CCOC4=O)ccn3)c2)ccc2c1COC2=O. The van der Waals surface area contributed by atoms with Crippen LogP contribution in [0.5, 0.6) is 0 Å². The number of esters is 1. The fraction of sp³-hybridized carbons (Fsp3) is 0.304. The first-order valence-electron chi connectivity index (χ1n) is 10.6. The van der Waals surface area contributed by atoms with Crippen LogP contribution >= 0.6 is 0 Å². The number of fused-ring (bicyclic) bond motifs is 1. The van der Waals surface area contributed by atoms with Crippen LogP contribution in [0.25, 0.3) is 5.82 Å². The second-order valence-corrected chi connectivity index (χ2v) is 7.96. The number of nitrogens with one attached hydrogen (secondary N) is 1. The molecule has 0 bridgehead atoms. The highest BCUT2D eigenvalue weighted by molar-refractivity contribution is 5.94. The maximum absolute atomic E-state index is 11.8. The van der Waals surface area contributed by atoms with Gasteiger partial charge in [-0.2, -0.15) is 5.10 Å². The number of aromatic nitrogens is 3. The molecule has 2 aliphatic heterocycles. The maximum atomic E-state index is 11.8. The predicted molar refractivity (Wildman–Crippen MR) is 117 cm³/mol. The Morgan fingerprint density at radius 1 is 1.24 bits per heavy atom. The summed E-state index contributed by atoms with van der Waals surface area (Å²) in [4.78, 5) is 29.4. The number of nitrogens with zero attached hydrogens (tertiary/aromatic N) is 4. The number of aliphatic hydroxyl groups excluding tert-OH is 1. The molecule has 3 aromatic rings. The number of anilines is 1. The van der Waals surface area contributed by atoms with E-state index < -0.39 is 6.10 Å². The molecule has 2 aliphatic rings. The fourth-order valence-corrected chi connectivity index (χ4v) is 4.10. The Morgan fingerprint density at radius 3 is 2.94 bits per heavy atom. The molecule has 1 amide bonds. The second kappa shape index (κ2) is 8.64. The van der Waals surface area contributed by atoms with Gasteiger partial charge in [0, 0.05) is 42.7 Å². The number of hydrogen-bond donors (Lipinski definition) is 2. The van der Waals surface area contributed by atoms with Crippen molar-refractivity contribution in [3.05, 3.63) is 70.7 Å². The molecule has 10 heteroatoms. The molecular weight excluding hydrogens is 426 g/mol. The van der Waals surface area contributed by atoms with Crippen molar-refractivity contribution < 1.29 is 24.2 Å². The van der Waals surface area contributed by atoms with E-state index in [2.05, 4.69) is 15.4 Å². The number of ether oxygens (including phenoxy) is 2. The lowest BCUT2D eigenvalue weighted by Gasteiger charge is -2.16. The summed E-state index contributed by atoms with van der Waals surface area (Å²) in [7, 11) is 0. The van der Waals surface area contributed by atoms with Crippen molar-refractivity contribution >= 4 is 17.7 Å². The fourth-order valence-electron chi connectivity index (χ4n) is 4.10. The van der Waals surface area contributed by atoms with Crippen LogP contribution in [0.3, 0.4) is 0 Å². The Bertz CT molecular complexity index is 1220. The van der Waals surface area contributed by atoms with Gasteiger partial charge in [0.2, 0.25) is 0 Å². The Kier molecular flexibility index (Phi) is 5.53. The summed E-state index contributed by atoms with van der Waals surface area (Å²) in [5.74, 6) is 0.272. The lowest BCUT2D eigenvalue weighted by atomic mass is 9.95. The van der Waals surface area contributed by atoms with Crippen LogP contribution in [-0.4, -0.2) is 51.6 Å². The number of pyridine rings is 1. The Morgan fingerprint density at radius 2 is 2.12 bits per heavy atom. The van der Waals surface area contributed by atoms with Crippen LogP contribution in [0.1, 0.15) is 38.7 Å². The number of amides is 1. The molecule has 0 spiro atoms. The largest absolute Gasteiger partial charge is 0.457 e. The molecule has 2 N–H and O–H groups in total. The van der Waals surface area contributed by atoms with Gasteiger partial charge in [-0.15, -0.1) is 0 Å². The zero-order valence-electron chi connectivity index (χ0n) is 18.0. The van der Waals surface area contributed by atoms with Gasteiger partial charge >= 0.3 is 12.1 Å². The molecule has 33 heavy (non-hydrogen) atoms. The maximum Gasteiger partial charge on any atom is 0.414 e. The van der Waals surface area contributed by atoms with Crippen LogP contribution < -0.4 is 10.2 Å². The molecule has 1 unspecified atom stereocenters. The summed E-state index contributed by atoms with van der Waals surface area (Å²) >= 11 is 0. The van der Waals surface area contributed by atoms with Crippen LogP contribution in [0.4, 0.5) is 10.5 Å². The molecule has 5 rings (SSSR count). The van der Waals surface area contributed by atoms with Crippen LogP contribution in [-0.2, 0) is 22.6 Å². The molecular formula is C23H23N5O5. The topological polar surface area (TPSA) is 119 Å². The van der Waals surface area contributed by atoms with E-state index in [4.69, 9.17) is 9.47 Å². The molecule has 1 atom stereocenters. The quantitative estimate of drug-likeness (QED) is 0.526. The van der Waals surface area contributed by atoms with Gasteiger partial charge in [-0.1, -0.05) is 6.07 Å². The van der Waals surface area contributed by atoms with Gasteiger partial charge in [0.1, 0.15) is 13.2 Å². The third-order valence-electron chi connectivity index (χ3n) is 5.91. The van der Waals surface area contributed by atoms with Crippen LogP contribution in [0.2, 0.25) is 0 Å². The first-order valence-corrected chi connectivity index (χ1v) is 10.6. The predicted octanol–water partition coefficient (Wildman–Crippen LogP) is 2.03. The van der Waals surface area contributed by atoms with E-state index in [1.807, 2.05) is 13.1 Å². The number of cyclic esters (lactones) is 2. The summed E-state index contributed by atoms with van der Waals surface area (Å²) in [5.41, 5.74) is 4.69.